The number of nitrogens with zero attached hydrogens (tertiary/aromatic N) is 5. The van der Waals surface area contributed by atoms with Gasteiger partial charge in [-0.15, -0.1) is 5.10 Å². The fourth-order valence-corrected chi connectivity index (χ4v) is 5.21. The Kier molecular flexibility index (Phi) is 5.07. The lowest BCUT2D eigenvalue weighted by atomic mass is 10.1. The summed E-state index contributed by atoms with van der Waals surface area (Å²) in [6, 6.07) is 27.3. The molecule has 37 heavy (non-hydrogen) atoms. The van der Waals surface area contributed by atoms with Crippen molar-refractivity contribution in [2.75, 3.05) is 6.61 Å². The molecule has 0 spiro atoms. The van der Waals surface area contributed by atoms with E-state index >= 15 is 0 Å². The molecule has 8 nitrogen and oxygen atoms in total. The number of aromatic nitrogens is 5. The molecular formula is C28H19N5O3S. The van der Waals surface area contributed by atoms with Gasteiger partial charge in [-0.1, -0.05) is 72.0 Å². The topological polar surface area (TPSA) is 83.5 Å². The summed E-state index contributed by atoms with van der Waals surface area (Å²) in [4.78, 5) is 18.4. The quantitative estimate of drug-likeness (QED) is 0.359. The average Bonchev–Trinajstić information content (AvgIpc) is 3.64. The lowest BCUT2D eigenvalue weighted by Crippen LogP contribution is -2.26. The van der Waals surface area contributed by atoms with Crippen LogP contribution in [0.3, 0.4) is 0 Å². The van der Waals surface area contributed by atoms with Gasteiger partial charge in [0, 0.05) is 17.3 Å². The molecule has 9 heteroatoms. The molecule has 4 heterocycles. The van der Waals surface area contributed by atoms with Gasteiger partial charge >= 0.3 is 0 Å². The minimum Gasteiger partial charge on any atom is -0.485 e. The van der Waals surface area contributed by atoms with E-state index in [0.29, 0.717) is 26.8 Å². The van der Waals surface area contributed by atoms with Crippen molar-refractivity contribution in [2.24, 2.45) is 0 Å². The Morgan fingerprint density at radius 3 is 2.41 bits per heavy atom. The molecule has 0 aliphatic carbocycles. The van der Waals surface area contributed by atoms with Gasteiger partial charge in [-0.3, -0.25) is 4.79 Å². The van der Waals surface area contributed by atoms with Crippen LogP contribution >= 0.6 is 11.3 Å². The number of ether oxygens (including phenoxy) is 2. The summed E-state index contributed by atoms with van der Waals surface area (Å²) in [5, 5.41) is 9.29. The lowest BCUT2D eigenvalue weighted by Gasteiger charge is -2.24. The molecule has 0 saturated heterocycles. The van der Waals surface area contributed by atoms with Crippen LogP contribution < -0.4 is 19.6 Å². The molecule has 7 rings (SSSR count). The Hall–Kier alpha value is -4.76. The van der Waals surface area contributed by atoms with Crippen molar-refractivity contribution in [1.29, 1.82) is 0 Å². The number of hydrogen-bond donors (Lipinski definition) is 0. The maximum absolute atomic E-state index is 13.3. The van der Waals surface area contributed by atoms with Crippen molar-refractivity contribution in [1.82, 2.24) is 24.4 Å². The average molecular weight is 506 g/mol. The molecule has 0 N–H and O–H groups in total. The van der Waals surface area contributed by atoms with E-state index in [1.165, 1.54) is 15.9 Å². The third-order valence-corrected chi connectivity index (χ3v) is 7.05. The van der Waals surface area contributed by atoms with E-state index in [9.17, 15) is 4.79 Å². The smallest absolute Gasteiger partial charge is 0.291 e. The summed E-state index contributed by atoms with van der Waals surface area (Å²) < 4.78 is 15.5. The van der Waals surface area contributed by atoms with Gasteiger partial charge in [-0.2, -0.15) is 14.6 Å². The van der Waals surface area contributed by atoms with Crippen LogP contribution in [-0.4, -0.2) is 31.0 Å². The van der Waals surface area contributed by atoms with E-state index in [2.05, 4.69) is 10.1 Å². The third kappa shape index (κ3) is 3.85. The Bertz CT molecular complexity index is 1840. The van der Waals surface area contributed by atoms with Gasteiger partial charge in [0.2, 0.25) is 4.96 Å². The van der Waals surface area contributed by atoms with E-state index in [0.717, 1.165) is 22.5 Å². The van der Waals surface area contributed by atoms with Crippen molar-refractivity contribution in [3.05, 3.63) is 117 Å². The molecule has 3 aromatic carbocycles. The van der Waals surface area contributed by atoms with Crippen LogP contribution in [0.25, 0.3) is 28.0 Å². The van der Waals surface area contributed by atoms with E-state index in [1.54, 1.807) is 0 Å². The molecule has 1 aliphatic heterocycles. The molecule has 180 valence electrons. The van der Waals surface area contributed by atoms with Crippen LogP contribution in [0, 0.1) is 0 Å². The fraction of sp³-hybridized carbons (Fsp3) is 0.0714. The van der Waals surface area contributed by atoms with Crippen LogP contribution in [0.5, 0.6) is 11.5 Å². The largest absolute Gasteiger partial charge is 0.485 e. The molecule has 1 atom stereocenters. The van der Waals surface area contributed by atoms with Crippen molar-refractivity contribution in [3.63, 3.8) is 0 Å². The van der Waals surface area contributed by atoms with Crippen molar-refractivity contribution in [2.45, 2.75) is 6.10 Å². The van der Waals surface area contributed by atoms with E-state index in [4.69, 9.17) is 14.6 Å². The van der Waals surface area contributed by atoms with E-state index in [1.807, 2.05) is 102 Å². The van der Waals surface area contributed by atoms with Gasteiger partial charge in [-0.05, 0) is 30.3 Å². The zero-order chi connectivity index (χ0) is 24.8. The number of rotatable bonds is 4. The second-order valence-corrected chi connectivity index (χ2v) is 9.53. The van der Waals surface area contributed by atoms with Gasteiger partial charge in [0.05, 0.1) is 15.9 Å². The molecule has 3 aromatic heterocycles. The van der Waals surface area contributed by atoms with Gasteiger partial charge in [0.15, 0.2) is 23.4 Å². The molecule has 1 unspecified atom stereocenters. The second kappa shape index (κ2) is 8.72. The number of hydrogen-bond acceptors (Lipinski definition) is 7. The van der Waals surface area contributed by atoms with Crippen molar-refractivity contribution >= 4 is 22.4 Å². The molecule has 0 fully saturated rings. The molecule has 1 aliphatic rings. The number of para-hydroxylation sites is 3. The molecule has 6 aromatic rings. The fourth-order valence-electron chi connectivity index (χ4n) is 4.30. The standard InChI is InChI=1S/C28H19N5O3S/c34-27-24(37-28-29-26(31-33(27)28)23-17-35-21-13-7-8-14-22(21)36-23)15-19-16-32(20-11-5-2-6-12-20)30-25(19)18-9-3-1-4-10-18/h1-16,23H,17H2/b24-15-. The molecule has 0 amide bonds. The van der Waals surface area contributed by atoms with Crippen molar-refractivity contribution < 1.29 is 9.47 Å². The minimum atomic E-state index is -0.484. The van der Waals surface area contributed by atoms with Gasteiger partial charge in [-0.25, -0.2) is 4.68 Å². The summed E-state index contributed by atoms with van der Waals surface area (Å²) in [6.45, 7) is 0.279. The number of fused-ring (bicyclic) bond motifs is 2. The van der Waals surface area contributed by atoms with Crippen LogP contribution in [0.1, 0.15) is 17.5 Å². The Balaban J connectivity index is 1.28. The van der Waals surface area contributed by atoms with Gasteiger partial charge in [0.1, 0.15) is 6.61 Å². The number of benzene rings is 3. The monoisotopic (exact) mass is 505 g/mol. The summed E-state index contributed by atoms with van der Waals surface area (Å²) in [7, 11) is 0. The lowest BCUT2D eigenvalue weighted by molar-refractivity contribution is 0.0852. The van der Waals surface area contributed by atoms with Gasteiger partial charge < -0.3 is 9.47 Å². The highest BCUT2D eigenvalue weighted by Crippen LogP contribution is 2.35. The SMILES string of the molecule is O=c1/c(=C/c2cn(-c3ccccc3)nc2-c2ccccc2)sc2nc(C3COc4ccccc4O3)nn12. The Morgan fingerprint density at radius 2 is 1.62 bits per heavy atom. The first-order valence-electron chi connectivity index (χ1n) is 11.7. The molecular weight excluding hydrogens is 486 g/mol. The van der Waals surface area contributed by atoms with Crippen LogP contribution in [0.4, 0.5) is 0 Å². The van der Waals surface area contributed by atoms with E-state index < -0.39 is 6.10 Å². The Labute approximate surface area is 214 Å². The summed E-state index contributed by atoms with van der Waals surface area (Å²) >= 11 is 1.29. The number of thiazole rings is 1. The highest BCUT2D eigenvalue weighted by Gasteiger charge is 2.27. The normalized spacial score (nSPS) is 15.4. The first-order chi connectivity index (χ1) is 18.2. The summed E-state index contributed by atoms with van der Waals surface area (Å²) in [6.07, 6.45) is 3.31. The molecule has 0 radical (unpaired) electrons. The minimum absolute atomic E-state index is 0.234. The summed E-state index contributed by atoms with van der Waals surface area (Å²) in [5.74, 6) is 1.75. The third-order valence-electron chi connectivity index (χ3n) is 6.09. The van der Waals surface area contributed by atoms with Crippen LogP contribution in [0.15, 0.2) is 95.9 Å². The van der Waals surface area contributed by atoms with Crippen LogP contribution in [0.2, 0.25) is 0 Å². The first kappa shape index (κ1) is 21.5. The highest BCUT2D eigenvalue weighted by atomic mass is 32.1. The van der Waals surface area contributed by atoms with Crippen LogP contribution in [-0.2, 0) is 0 Å². The predicted molar refractivity (Wildman–Crippen MR) is 140 cm³/mol. The highest BCUT2D eigenvalue weighted by molar-refractivity contribution is 7.15. The maximum Gasteiger partial charge on any atom is 0.291 e. The molecule has 0 bridgehead atoms. The molecule has 0 saturated carbocycles. The Morgan fingerprint density at radius 1 is 0.892 bits per heavy atom. The first-order valence-corrected chi connectivity index (χ1v) is 12.5. The van der Waals surface area contributed by atoms with E-state index in [-0.39, 0.29) is 12.2 Å². The predicted octanol–water partition coefficient (Wildman–Crippen LogP) is 4.06. The second-order valence-electron chi connectivity index (χ2n) is 8.52. The summed E-state index contributed by atoms with van der Waals surface area (Å²) in [5.41, 5.74) is 3.28. The maximum atomic E-state index is 13.3. The zero-order valence-corrected chi connectivity index (χ0v) is 20.2. The zero-order valence-electron chi connectivity index (χ0n) is 19.4. The van der Waals surface area contributed by atoms with Crippen molar-refractivity contribution in [3.8, 4) is 28.4 Å². The van der Waals surface area contributed by atoms with Gasteiger partial charge in [0.25, 0.3) is 5.56 Å².